The summed E-state index contributed by atoms with van der Waals surface area (Å²) >= 11 is 1.40. The molecule has 0 aliphatic heterocycles. The Balaban J connectivity index is 1.82. The topological polar surface area (TPSA) is 46.1 Å². The number of halogens is 2. The average Bonchev–Trinajstić information content (AvgIpc) is 3.18. The molecule has 2 heterocycles. The Labute approximate surface area is 170 Å². The largest absolute Gasteiger partial charge is 0.279 e. The first-order valence-corrected chi connectivity index (χ1v) is 9.78. The maximum absolute atomic E-state index is 13.7. The Hall–Kier alpha value is -3.19. The molecular formula is C22H17F2N3OS. The van der Waals surface area contributed by atoms with E-state index < -0.39 is 17.5 Å². The molecule has 4 nitrogen and oxygen atoms in total. The number of rotatable bonds is 4. The molecule has 0 N–H and O–H groups in total. The summed E-state index contributed by atoms with van der Waals surface area (Å²) < 4.78 is 28.1. The van der Waals surface area contributed by atoms with Crippen LogP contribution in [0.25, 0.3) is 10.2 Å². The van der Waals surface area contributed by atoms with E-state index in [-0.39, 0.29) is 12.1 Å². The fourth-order valence-corrected chi connectivity index (χ4v) is 4.16. The maximum atomic E-state index is 13.7. The second-order valence-corrected chi connectivity index (χ2v) is 7.73. The normalized spacial score (nSPS) is 11.0. The Morgan fingerprint density at radius 3 is 2.55 bits per heavy atom. The van der Waals surface area contributed by atoms with Crippen LogP contribution >= 0.6 is 11.3 Å². The van der Waals surface area contributed by atoms with Crippen molar-refractivity contribution >= 4 is 32.6 Å². The van der Waals surface area contributed by atoms with E-state index in [0.29, 0.717) is 5.13 Å². The van der Waals surface area contributed by atoms with Gasteiger partial charge in [-0.15, -0.1) is 0 Å². The number of benzene rings is 2. The van der Waals surface area contributed by atoms with E-state index >= 15 is 0 Å². The van der Waals surface area contributed by atoms with Gasteiger partial charge in [-0.05, 0) is 54.8 Å². The van der Waals surface area contributed by atoms with Gasteiger partial charge in [-0.1, -0.05) is 29.5 Å². The smallest absolute Gasteiger partial charge is 0.260 e. The highest BCUT2D eigenvalue weighted by Crippen LogP contribution is 2.34. The molecule has 0 radical (unpaired) electrons. The van der Waals surface area contributed by atoms with Crippen LogP contribution in [0.1, 0.15) is 27.0 Å². The summed E-state index contributed by atoms with van der Waals surface area (Å²) in [5.41, 5.74) is 3.77. The molecule has 0 saturated heterocycles. The molecule has 0 bridgehead atoms. The minimum absolute atomic E-state index is 0.0560. The number of pyridine rings is 1. The molecule has 0 unspecified atom stereocenters. The van der Waals surface area contributed by atoms with Gasteiger partial charge >= 0.3 is 0 Å². The zero-order valence-corrected chi connectivity index (χ0v) is 16.6. The molecule has 2 aromatic heterocycles. The van der Waals surface area contributed by atoms with Crippen LogP contribution in [0.2, 0.25) is 0 Å². The lowest BCUT2D eigenvalue weighted by molar-refractivity contribution is 0.0984. The third kappa shape index (κ3) is 3.73. The predicted octanol–water partition coefficient (Wildman–Crippen LogP) is 5.43. The molecule has 0 aliphatic carbocycles. The number of thiazole rings is 1. The number of carbonyl (C=O) groups is 1. The van der Waals surface area contributed by atoms with Crippen molar-refractivity contribution in [3.8, 4) is 0 Å². The van der Waals surface area contributed by atoms with Gasteiger partial charge in [0.1, 0.15) is 0 Å². The Bertz CT molecular complexity index is 1170. The van der Waals surface area contributed by atoms with Crippen molar-refractivity contribution in [1.82, 2.24) is 9.97 Å². The SMILES string of the molecule is Cc1ccc(C)c2sc(N(Cc3cccnc3)C(=O)c3ccc(F)c(F)c3)nc12. The van der Waals surface area contributed by atoms with Crippen LogP contribution in [0, 0.1) is 25.5 Å². The van der Waals surface area contributed by atoms with Crippen LogP contribution < -0.4 is 4.90 Å². The summed E-state index contributed by atoms with van der Waals surface area (Å²) in [7, 11) is 0. The molecule has 0 aliphatic rings. The van der Waals surface area contributed by atoms with Crippen LogP contribution in [0.15, 0.2) is 54.9 Å². The third-order valence-electron chi connectivity index (χ3n) is 4.64. The summed E-state index contributed by atoms with van der Waals surface area (Å²) in [6, 6.07) is 10.8. The van der Waals surface area contributed by atoms with Crippen molar-refractivity contribution in [2.45, 2.75) is 20.4 Å². The second kappa shape index (κ2) is 7.67. The van der Waals surface area contributed by atoms with Gasteiger partial charge in [-0.3, -0.25) is 14.7 Å². The number of hydrogen-bond donors (Lipinski definition) is 0. The number of fused-ring (bicyclic) bond motifs is 1. The summed E-state index contributed by atoms with van der Waals surface area (Å²) in [6.45, 7) is 4.17. The first-order chi connectivity index (χ1) is 13.9. The lowest BCUT2D eigenvalue weighted by Gasteiger charge is -2.20. The van der Waals surface area contributed by atoms with Gasteiger partial charge < -0.3 is 0 Å². The monoisotopic (exact) mass is 409 g/mol. The van der Waals surface area contributed by atoms with E-state index in [1.807, 2.05) is 32.0 Å². The van der Waals surface area contributed by atoms with Crippen LogP contribution in [-0.4, -0.2) is 15.9 Å². The highest BCUT2D eigenvalue weighted by molar-refractivity contribution is 7.22. The number of carbonyl (C=O) groups excluding carboxylic acids is 1. The van der Waals surface area contributed by atoms with Crippen LogP contribution in [0.3, 0.4) is 0 Å². The number of hydrogen-bond acceptors (Lipinski definition) is 4. The van der Waals surface area contributed by atoms with E-state index in [4.69, 9.17) is 4.98 Å². The maximum Gasteiger partial charge on any atom is 0.260 e. The molecule has 29 heavy (non-hydrogen) atoms. The minimum atomic E-state index is -1.06. The highest BCUT2D eigenvalue weighted by atomic mass is 32.1. The zero-order chi connectivity index (χ0) is 20.5. The van der Waals surface area contributed by atoms with Gasteiger partial charge in [0.25, 0.3) is 5.91 Å². The number of amides is 1. The van der Waals surface area contributed by atoms with Gasteiger partial charge in [-0.2, -0.15) is 0 Å². The molecule has 0 fully saturated rings. The van der Waals surface area contributed by atoms with Gasteiger partial charge in [0.2, 0.25) is 0 Å². The summed E-state index contributed by atoms with van der Waals surface area (Å²) in [5.74, 6) is -2.51. The highest BCUT2D eigenvalue weighted by Gasteiger charge is 2.23. The standard InChI is InChI=1S/C22H17F2N3OS/c1-13-5-6-14(2)20-19(13)26-22(29-20)27(12-15-4-3-9-25-11-15)21(28)16-7-8-17(23)18(24)10-16/h3-11H,12H2,1-2H3. The first-order valence-electron chi connectivity index (χ1n) is 8.96. The first kappa shape index (κ1) is 19.1. The van der Waals surface area contributed by atoms with Gasteiger partial charge in [0, 0.05) is 18.0 Å². The molecule has 0 spiro atoms. The van der Waals surface area contributed by atoms with Gasteiger partial charge in [0.05, 0.1) is 16.8 Å². The van der Waals surface area contributed by atoms with Crippen LogP contribution in [0.5, 0.6) is 0 Å². The summed E-state index contributed by atoms with van der Waals surface area (Å²) in [5, 5.41) is 0.496. The van der Waals surface area contributed by atoms with Crippen molar-refractivity contribution in [3.63, 3.8) is 0 Å². The minimum Gasteiger partial charge on any atom is -0.279 e. The third-order valence-corrected chi connectivity index (χ3v) is 5.85. The Morgan fingerprint density at radius 2 is 1.86 bits per heavy atom. The molecule has 146 valence electrons. The lowest BCUT2D eigenvalue weighted by atomic mass is 10.1. The number of aryl methyl sites for hydroxylation is 2. The molecule has 7 heteroatoms. The van der Waals surface area contributed by atoms with Crippen molar-refractivity contribution in [3.05, 3.63) is 88.7 Å². The van der Waals surface area contributed by atoms with E-state index in [9.17, 15) is 13.6 Å². The number of nitrogens with zero attached hydrogens (tertiary/aromatic N) is 3. The number of anilines is 1. The van der Waals surface area contributed by atoms with Crippen molar-refractivity contribution < 1.29 is 13.6 Å². The molecular weight excluding hydrogens is 392 g/mol. The Kier molecular flexibility index (Phi) is 5.07. The van der Waals surface area contributed by atoms with Gasteiger partial charge in [-0.25, -0.2) is 13.8 Å². The molecule has 0 atom stereocenters. The van der Waals surface area contributed by atoms with E-state index in [1.54, 1.807) is 18.5 Å². The average molecular weight is 409 g/mol. The van der Waals surface area contributed by atoms with E-state index in [2.05, 4.69) is 4.98 Å². The molecule has 1 amide bonds. The quantitative estimate of drug-likeness (QED) is 0.451. The summed E-state index contributed by atoms with van der Waals surface area (Å²) in [4.78, 5) is 23.5. The number of aromatic nitrogens is 2. The molecule has 0 saturated carbocycles. The van der Waals surface area contributed by atoms with Crippen LogP contribution in [0.4, 0.5) is 13.9 Å². The molecule has 4 aromatic rings. The lowest BCUT2D eigenvalue weighted by Crippen LogP contribution is -2.30. The van der Waals surface area contributed by atoms with E-state index in [1.165, 1.54) is 22.3 Å². The predicted molar refractivity (Wildman–Crippen MR) is 110 cm³/mol. The molecule has 2 aromatic carbocycles. The second-order valence-electron chi connectivity index (χ2n) is 6.75. The summed E-state index contributed by atoms with van der Waals surface area (Å²) in [6.07, 6.45) is 3.31. The van der Waals surface area contributed by atoms with Gasteiger partial charge in [0.15, 0.2) is 16.8 Å². The molecule has 4 rings (SSSR count). The van der Waals surface area contributed by atoms with Crippen LogP contribution in [-0.2, 0) is 6.54 Å². The zero-order valence-electron chi connectivity index (χ0n) is 15.8. The van der Waals surface area contributed by atoms with Crippen molar-refractivity contribution in [1.29, 1.82) is 0 Å². The fraction of sp³-hybridized carbons (Fsp3) is 0.136. The van der Waals surface area contributed by atoms with Crippen molar-refractivity contribution in [2.24, 2.45) is 0 Å². The van der Waals surface area contributed by atoms with E-state index in [0.717, 1.165) is 39.0 Å². The Morgan fingerprint density at radius 1 is 1.07 bits per heavy atom. The fourth-order valence-electron chi connectivity index (χ4n) is 3.05. The van der Waals surface area contributed by atoms with Crippen molar-refractivity contribution in [2.75, 3.05) is 4.90 Å².